The van der Waals surface area contributed by atoms with Crippen LogP contribution in [0.4, 0.5) is 17.6 Å². The van der Waals surface area contributed by atoms with Gasteiger partial charge in [0.15, 0.2) is 0 Å². The molecule has 2 saturated heterocycles. The van der Waals surface area contributed by atoms with Crippen LogP contribution in [0.2, 0.25) is 0 Å². The summed E-state index contributed by atoms with van der Waals surface area (Å²) >= 11 is 0. The van der Waals surface area contributed by atoms with E-state index in [1.54, 1.807) is 0 Å². The summed E-state index contributed by atoms with van der Waals surface area (Å²) in [6.45, 7) is 9.10. The Kier molecular flexibility index (Phi) is 5.15. The van der Waals surface area contributed by atoms with E-state index in [-0.39, 0.29) is 0 Å². The van der Waals surface area contributed by atoms with Crippen molar-refractivity contribution < 1.29 is 0 Å². The van der Waals surface area contributed by atoms with Crippen LogP contribution < -0.4 is 15.5 Å². The minimum Gasteiger partial charge on any atom is -0.368 e. The van der Waals surface area contributed by atoms with Crippen LogP contribution in [0.3, 0.4) is 0 Å². The van der Waals surface area contributed by atoms with E-state index in [0.717, 1.165) is 63.9 Å². The Morgan fingerprint density at radius 2 is 1.81 bits per heavy atom. The highest BCUT2D eigenvalue weighted by Crippen LogP contribution is 2.30. The van der Waals surface area contributed by atoms with E-state index in [1.807, 2.05) is 6.20 Å². The zero-order valence-electron chi connectivity index (χ0n) is 16.4. The minimum atomic E-state index is 0.360. The van der Waals surface area contributed by atoms with Gasteiger partial charge in [0.25, 0.3) is 0 Å². The van der Waals surface area contributed by atoms with Crippen molar-refractivity contribution >= 4 is 17.6 Å². The average molecular weight is 371 g/mol. The molecular weight excluding hydrogens is 340 g/mol. The number of likely N-dealkylation sites (N-methyl/N-ethyl adjacent to an activating group) is 1. The number of piperazine rings is 1. The molecule has 2 aliphatic heterocycles. The van der Waals surface area contributed by atoms with Gasteiger partial charge in [0.1, 0.15) is 17.5 Å². The lowest BCUT2D eigenvalue weighted by Crippen LogP contribution is -2.45. The first-order valence-corrected chi connectivity index (χ1v) is 9.98. The Bertz CT molecular complexity index is 765. The summed E-state index contributed by atoms with van der Waals surface area (Å²) < 4.78 is 2.25. The van der Waals surface area contributed by atoms with E-state index in [4.69, 9.17) is 5.73 Å². The number of rotatable bonds is 4. The highest BCUT2D eigenvalue weighted by Gasteiger charge is 2.26. The predicted octanol–water partition coefficient (Wildman–Crippen LogP) is 1.41. The molecule has 2 N–H and O–H groups in total. The molecule has 0 bridgehead atoms. The summed E-state index contributed by atoms with van der Waals surface area (Å²) in [5, 5.41) is 0. The van der Waals surface area contributed by atoms with Crippen molar-refractivity contribution in [1.82, 2.24) is 24.4 Å². The maximum atomic E-state index is 6.07. The zero-order valence-corrected chi connectivity index (χ0v) is 16.4. The highest BCUT2D eigenvalue weighted by atomic mass is 15.3. The topological polar surface area (TPSA) is 79.3 Å². The van der Waals surface area contributed by atoms with E-state index in [0.29, 0.717) is 11.9 Å². The van der Waals surface area contributed by atoms with E-state index in [2.05, 4.69) is 60.5 Å². The molecule has 2 aromatic heterocycles. The Balaban J connectivity index is 1.54. The molecule has 4 rings (SSSR count). The van der Waals surface area contributed by atoms with Crippen molar-refractivity contribution in [1.29, 1.82) is 0 Å². The predicted molar refractivity (Wildman–Crippen MR) is 108 cm³/mol. The molecule has 0 aliphatic carbocycles. The summed E-state index contributed by atoms with van der Waals surface area (Å²) in [6, 6.07) is 2.11. The first-order chi connectivity index (χ1) is 13.1. The fraction of sp³-hybridized carbons (Fsp3) is 0.632. The van der Waals surface area contributed by atoms with Crippen molar-refractivity contribution in [3.8, 4) is 0 Å². The second-order valence-electron chi connectivity index (χ2n) is 7.59. The number of nitrogen functional groups attached to an aromatic ring is 1. The molecule has 0 saturated carbocycles. The number of aromatic nitrogens is 4. The van der Waals surface area contributed by atoms with E-state index in [1.165, 1.54) is 12.2 Å². The number of imidazole rings is 1. The lowest BCUT2D eigenvalue weighted by atomic mass is 9.97. The van der Waals surface area contributed by atoms with Crippen LogP contribution in [0, 0.1) is 0 Å². The fourth-order valence-electron chi connectivity index (χ4n) is 4.14. The fourth-order valence-corrected chi connectivity index (χ4v) is 4.14. The van der Waals surface area contributed by atoms with Crippen molar-refractivity contribution in [2.75, 3.05) is 61.8 Å². The number of nitrogens with two attached hydrogens (primary N) is 1. The van der Waals surface area contributed by atoms with Gasteiger partial charge in [0.2, 0.25) is 5.95 Å². The van der Waals surface area contributed by atoms with Gasteiger partial charge in [-0.3, -0.25) is 0 Å². The summed E-state index contributed by atoms with van der Waals surface area (Å²) in [7, 11) is 2.16. The van der Waals surface area contributed by atoms with Crippen LogP contribution in [0.5, 0.6) is 0 Å². The number of anilines is 3. The third-order valence-corrected chi connectivity index (χ3v) is 5.74. The molecule has 2 fully saturated rings. The molecule has 0 aromatic carbocycles. The van der Waals surface area contributed by atoms with Crippen molar-refractivity contribution in [3.05, 3.63) is 24.3 Å². The minimum absolute atomic E-state index is 0.360. The van der Waals surface area contributed by atoms with Gasteiger partial charge in [-0.05, 0) is 26.8 Å². The van der Waals surface area contributed by atoms with Crippen molar-refractivity contribution in [2.24, 2.45) is 0 Å². The molecular formula is C19H30N8. The van der Waals surface area contributed by atoms with Crippen LogP contribution in [-0.2, 0) is 6.54 Å². The number of nitrogens with zero attached hydrogens (tertiary/aromatic N) is 7. The molecule has 0 spiro atoms. The average Bonchev–Trinajstić information content (AvgIpc) is 3.17. The van der Waals surface area contributed by atoms with Gasteiger partial charge >= 0.3 is 0 Å². The third-order valence-electron chi connectivity index (χ3n) is 5.74. The van der Waals surface area contributed by atoms with Gasteiger partial charge in [-0.15, -0.1) is 0 Å². The molecule has 1 atom stereocenters. The van der Waals surface area contributed by atoms with Gasteiger partial charge in [-0.25, -0.2) is 4.98 Å². The Morgan fingerprint density at radius 3 is 2.56 bits per heavy atom. The molecule has 4 heterocycles. The second kappa shape index (κ2) is 7.72. The molecule has 8 nitrogen and oxygen atoms in total. The summed E-state index contributed by atoms with van der Waals surface area (Å²) in [6.07, 6.45) is 6.28. The monoisotopic (exact) mass is 370 g/mol. The first-order valence-electron chi connectivity index (χ1n) is 9.98. The molecule has 2 aromatic rings. The number of hydrogen-bond acceptors (Lipinski definition) is 7. The zero-order chi connectivity index (χ0) is 18.8. The van der Waals surface area contributed by atoms with Crippen molar-refractivity contribution in [3.63, 3.8) is 0 Å². The molecule has 27 heavy (non-hydrogen) atoms. The molecule has 2 aliphatic rings. The van der Waals surface area contributed by atoms with E-state index in [9.17, 15) is 0 Å². The first kappa shape index (κ1) is 18.0. The summed E-state index contributed by atoms with van der Waals surface area (Å²) in [4.78, 5) is 20.7. The van der Waals surface area contributed by atoms with Crippen LogP contribution >= 0.6 is 0 Å². The maximum absolute atomic E-state index is 6.07. The van der Waals surface area contributed by atoms with Gasteiger partial charge in [0, 0.05) is 70.2 Å². The quantitative estimate of drug-likeness (QED) is 0.872. The van der Waals surface area contributed by atoms with Crippen LogP contribution in [0.1, 0.15) is 31.5 Å². The maximum Gasteiger partial charge on any atom is 0.223 e. The standard InChI is InChI=1S/C19H30N8/c1-3-25-8-6-21-18(25)15-5-4-7-27(14-15)17-13-16(22-19(20)23-17)26-11-9-24(2)10-12-26/h6,8,13,15H,3-5,7,9-12,14H2,1-2H3,(H2,20,22,23)/t15-/m0/s1. The number of aryl methyl sites for hydroxylation is 1. The Labute approximate surface area is 161 Å². The highest BCUT2D eigenvalue weighted by molar-refractivity contribution is 5.54. The van der Waals surface area contributed by atoms with E-state index >= 15 is 0 Å². The van der Waals surface area contributed by atoms with Gasteiger partial charge < -0.3 is 25.0 Å². The Hall–Kier alpha value is -2.35. The molecule has 8 heteroatoms. The normalized spacial score (nSPS) is 21.6. The number of piperidine rings is 1. The molecule has 146 valence electrons. The van der Waals surface area contributed by atoms with Gasteiger partial charge in [0.05, 0.1) is 0 Å². The van der Waals surface area contributed by atoms with Gasteiger partial charge in [-0.2, -0.15) is 9.97 Å². The lowest BCUT2D eigenvalue weighted by Gasteiger charge is -2.35. The molecule has 0 unspecified atom stereocenters. The third kappa shape index (κ3) is 3.85. The summed E-state index contributed by atoms with van der Waals surface area (Å²) in [5.74, 6) is 3.86. The Morgan fingerprint density at radius 1 is 1.07 bits per heavy atom. The van der Waals surface area contributed by atoms with Crippen LogP contribution in [0.15, 0.2) is 18.5 Å². The lowest BCUT2D eigenvalue weighted by molar-refractivity contribution is 0.312. The molecule has 0 radical (unpaired) electrons. The van der Waals surface area contributed by atoms with Gasteiger partial charge in [-0.1, -0.05) is 0 Å². The smallest absolute Gasteiger partial charge is 0.223 e. The van der Waals surface area contributed by atoms with Crippen molar-refractivity contribution in [2.45, 2.75) is 32.2 Å². The second-order valence-corrected chi connectivity index (χ2v) is 7.59. The number of hydrogen-bond donors (Lipinski definition) is 1. The SMILES string of the molecule is CCn1ccnc1[C@H]1CCCN(c2cc(N3CCN(C)CC3)nc(N)n2)C1. The summed E-state index contributed by atoms with van der Waals surface area (Å²) in [5.41, 5.74) is 6.07. The van der Waals surface area contributed by atoms with Crippen LogP contribution in [0.25, 0.3) is 0 Å². The molecule has 0 amide bonds. The largest absolute Gasteiger partial charge is 0.368 e. The van der Waals surface area contributed by atoms with E-state index < -0.39 is 0 Å². The van der Waals surface area contributed by atoms with Crippen LogP contribution in [-0.4, -0.2) is 70.7 Å².